The maximum atomic E-state index is 12.5. The molecule has 0 aliphatic carbocycles. The summed E-state index contributed by atoms with van der Waals surface area (Å²) in [5.74, 6) is -1.51. The molecule has 2 rings (SSSR count). The highest BCUT2D eigenvalue weighted by Crippen LogP contribution is 2.37. The quantitative estimate of drug-likeness (QED) is 0.779. The van der Waals surface area contributed by atoms with Crippen LogP contribution in [0, 0.1) is 5.92 Å². The summed E-state index contributed by atoms with van der Waals surface area (Å²) in [6.07, 6.45) is 0. The van der Waals surface area contributed by atoms with Crippen LogP contribution in [-0.2, 0) is 14.4 Å². The first-order valence-corrected chi connectivity index (χ1v) is 8.34. The topological polar surface area (TPSA) is 78.5 Å². The van der Waals surface area contributed by atoms with Gasteiger partial charge in [0.1, 0.15) is 6.04 Å². The van der Waals surface area contributed by atoms with Crippen LogP contribution in [0.5, 0.6) is 0 Å². The van der Waals surface area contributed by atoms with E-state index in [2.05, 4.69) is 26.6 Å². The van der Waals surface area contributed by atoms with Gasteiger partial charge in [0.2, 0.25) is 0 Å². The van der Waals surface area contributed by atoms with Crippen molar-refractivity contribution >= 4 is 39.3 Å². The van der Waals surface area contributed by atoms with Gasteiger partial charge < -0.3 is 15.5 Å². The lowest BCUT2D eigenvalue weighted by molar-refractivity contribution is -0.140. The lowest BCUT2D eigenvalue weighted by Crippen LogP contribution is -2.45. The number of rotatable bonds is 4. The zero-order valence-electron chi connectivity index (χ0n) is 13.4. The molecule has 124 valence electrons. The van der Waals surface area contributed by atoms with Gasteiger partial charge in [0.15, 0.2) is 0 Å². The van der Waals surface area contributed by atoms with Gasteiger partial charge in [-0.1, -0.05) is 29.8 Å². The van der Waals surface area contributed by atoms with Crippen LogP contribution in [0.25, 0.3) is 0 Å². The van der Waals surface area contributed by atoms with E-state index in [1.54, 1.807) is 11.0 Å². The Kier molecular flexibility index (Phi) is 5.41. The Bertz CT molecular complexity index is 645. The highest BCUT2D eigenvalue weighted by atomic mass is 79.9. The number of nitrogens with zero attached hydrogens (tertiary/aromatic N) is 1. The Morgan fingerprint density at radius 1 is 1.30 bits per heavy atom. The molecular formula is C16H20BrN3O3. The number of benzene rings is 1. The molecule has 1 atom stereocenters. The van der Waals surface area contributed by atoms with Gasteiger partial charge in [0, 0.05) is 28.8 Å². The zero-order chi connectivity index (χ0) is 17.1. The molecule has 1 aliphatic rings. The van der Waals surface area contributed by atoms with Crippen molar-refractivity contribution in [2.24, 2.45) is 5.92 Å². The molecule has 1 aliphatic heterocycles. The minimum atomic E-state index is -0.834. The van der Waals surface area contributed by atoms with Crippen LogP contribution >= 0.6 is 15.9 Å². The molecule has 1 unspecified atom stereocenters. The van der Waals surface area contributed by atoms with E-state index in [1.807, 2.05) is 32.9 Å². The summed E-state index contributed by atoms with van der Waals surface area (Å²) < 4.78 is 0.811. The number of carbonyl (C=O) groups is 3. The average Bonchev–Trinajstić information content (AvgIpc) is 2.76. The van der Waals surface area contributed by atoms with E-state index in [0.717, 1.165) is 10.2 Å². The number of likely N-dealkylation sites (N-methyl/N-ethyl adjacent to an activating group) is 1. The van der Waals surface area contributed by atoms with Crippen molar-refractivity contribution in [2.45, 2.75) is 26.8 Å². The van der Waals surface area contributed by atoms with Crippen LogP contribution < -0.4 is 15.5 Å². The maximum absolute atomic E-state index is 12.5. The Labute approximate surface area is 143 Å². The highest BCUT2D eigenvalue weighted by Gasteiger charge is 2.38. The zero-order valence-corrected chi connectivity index (χ0v) is 14.9. The number of anilines is 1. The molecule has 0 fully saturated rings. The first kappa shape index (κ1) is 17.5. The first-order chi connectivity index (χ1) is 10.8. The van der Waals surface area contributed by atoms with Crippen LogP contribution in [0.4, 0.5) is 5.69 Å². The fourth-order valence-electron chi connectivity index (χ4n) is 2.45. The molecule has 0 saturated heterocycles. The molecule has 7 heteroatoms. The first-order valence-electron chi connectivity index (χ1n) is 7.54. The molecule has 0 bridgehead atoms. The van der Waals surface area contributed by atoms with E-state index < -0.39 is 17.9 Å². The van der Waals surface area contributed by atoms with Crippen molar-refractivity contribution < 1.29 is 14.4 Å². The number of amides is 3. The second-order valence-electron chi connectivity index (χ2n) is 5.80. The summed E-state index contributed by atoms with van der Waals surface area (Å²) >= 11 is 3.37. The van der Waals surface area contributed by atoms with E-state index in [9.17, 15) is 14.4 Å². The molecule has 23 heavy (non-hydrogen) atoms. The molecule has 0 saturated carbocycles. The Balaban J connectivity index is 2.17. The lowest BCUT2D eigenvalue weighted by Gasteiger charge is -2.15. The SMILES string of the molecule is CCN1C(=O)C(NC(=O)C(=O)NCC(C)C)c2cc(Br)ccc21. The third-order valence-corrected chi connectivity index (χ3v) is 4.07. The Hall–Kier alpha value is -1.89. The van der Waals surface area contributed by atoms with Gasteiger partial charge in [-0.25, -0.2) is 0 Å². The number of carbonyl (C=O) groups excluding carboxylic acids is 3. The molecule has 0 aromatic heterocycles. The summed E-state index contributed by atoms with van der Waals surface area (Å²) in [6.45, 7) is 6.65. The molecule has 1 heterocycles. The monoisotopic (exact) mass is 381 g/mol. The van der Waals surface area contributed by atoms with Crippen LogP contribution in [0.2, 0.25) is 0 Å². The average molecular weight is 382 g/mol. The summed E-state index contributed by atoms with van der Waals surface area (Å²) in [7, 11) is 0. The summed E-state index contributed by atoms with van der Waals surface area (Å²) in [4.78, 5) is 37.9. The second-order valence-corrected chi connectivity index (χ2v) is 6.71. The molecular weight excluding hydrogens is 362 g/mol. The molecule has 0 spiro atoms. The van der Waals surface area contributed by atoms with Crippen molar-refractivity contribution in [3.05, 3.63) is 28.2 Å². The molecule has 2 N–H and O–H groups in total. The third-order valence-electron chi connectivity index (χ3n) is 3.57. The number of fused-ring (bicyclic) bond motifs is 1. The van der Waals surface area contributed by atoms with Crippen molar-refractivity contribution in [1.29, 1.82) is 0 Å². The van der Waals surface area contributed by atoms with Gasteiger partial charge in [-0.05, 0) is 31.0 Å². The number of nitrogens with one attached hydrogen (secondary N) is 2. The third kappa shape index (κ3) is 3.72. The van der Waals surface area contributed by atoms with Gasteiger partial charge in [-0.15, -0.1) is 0 Å². The van der Waals surface area contributed by atoms with Gasteiger partial charge >= 0.3 is 11.8 Å². The molecule has 6 nitrogen and oxygen atoms in total. The molecule has 3 amide bonds. The summed E-state index contributed by atoms with van der Waals surface area (Å²) in [6, 6.07) is 4.62. The fourth-order valence-corrected chi connectivity index (χ4v) is 2.83. The standard InChI is InChI=1S/C16H20BrN3O3/c1-4-20-12-6-5-10(17)7-11(12)13(16(20)23)19-15(22)14(21)18-8-9(2)3/h5-7,9,13H,4,8H2,1-3H3,(H,18,21)(H,19,22). The molecule has 0 radical (unpaired) electrons. The van der Waals surface area contributed by atoms with Crippen LogP contribution in [0.3, 0.4) is 0 Å². The van der Waals surface area contributed by atoms with E-state index in [0.29, 0.717) is 18.7 Å². The molecule has 1 aromatic rings. The minimum absolute atomic E-state index is 0.231. The second kappa shape index (κ2) is 7.12. The maximum Gasteiger partial charge on any atom is 0.310 e. The van der Waals surface area contributed by atoms with Gasteiger partial charge in [0.05, 0.1) is 0 Å². The summed E-state index contributed by atoms with van der Waals surface area (Å²) in [5.41, 5.74) is 1.45. The van der Waals surface area contributed by atoms with Crippen molar-refractivity contribution in [1.82, 2.24) is 10.6 Å². The Morgan fingerprint density at radius 2 is 2.00 bits per heavy atom. The van der Waals surface area contributed by atoms with Crippen molar-refractivity contribution in [2.75, 3.05) is 18.0 Å². The summed E-state index contributed by atoms with van der Waals surface area (Å²) in [5, 5.41) is 5.08. The van der Waals surface area contributed by atoms with Gasteiger partial charge in [0.25, 0.3) is 5.91 Å². The fraction of sp³-hybridized carbons (Fsp3) is 0.438. The Morgan fingerprint density at radius 3 is 2.61 bits per heavy atom. The van der Waals surface area contributed by atoms with E-state index in [1.165, 1.54) is 0 Å². The van der Waals surface area contributed by atoms with Gasteiger partial charge in [-0.2, -0.15) is 0 Å². The number of halogens is 1. The van der Waals surface area contributed by atoms with Crippen molar-refractivity contribution in [3.63, 3.8) is 0 Å². The smallest absolute Gasteiger partial charge is 0.310 e. The van der Waals surface area contributed by atoms with Crippen LogP contribution in [-0.4, -0.2) is 30.8 Å². The predicted octanol–water partition coefficient (Wildman–Crippen LogP) is 1.75. The normalized spacial score (nSPS) is 16.5. The number of hydrogen-bond acceptors (Lipinski definition) is 3. The minimum Gasteiger partial charge on any atom is -0.348 e. The van der Waals surface area contributed by atoms with E-state index >= 15 is 0 Å². The largest absolute Gasteiger partial charge is 0.348 e. The van der Waals surface area contributed by atoms with Crippen molar-refractivity contribution in [3.8, 4) is 0 Å². The highest BCUT2D eigenvalue weighted by molar-refractivity contribution is 9.10. The predicted molar refractivity (Wildman–Crippen MR) is 90.9 cm³/mol. The van der Waals surface area contributed by atoms with Crippen LogP contribution in [0.15, 0.2) is 22.7 Å². The van der Waals surface area contributed by atoms with E-state index in [-0.39, 0.29) is 11.8 Å². The number of hydrogen-bond donors (Lipinski definition) is 2. The lowest BCUT2D eigenvalue weighted by atomic mass is 10.1. The molecule has 1 aromatic carbocycles. The van der Waals surface area contributed by atoms with E-state index in [4.69, 9.17) is 0 Å². The van der Waals surface area contributed by atoms with Gasteiger partial charge in [-0.3, -0.25) is 14.4 Å². The van der Waals surface area contributed by atoms with Crippen LogP contribution in [0.1, 0.15) is 32.4 Å².